The molecule has 29 heavy (non-hydrogen) atoms. The molecule has 0 N–H and O–H groups in total. The summed E-state index contributed by atoms with van der Waals surface area (Å²) in [5.74, 6) is -4.75. The standard InChI is InChI=1S/C17H13F6N5O/c1-8(17(21,22)23)29-15-11(18)2-9(5-25-15)12-7-28-13(6-24-12)26-27-14(28)10-3-16(19,20)4-10/h2,5-8,10H,3-4H2,1H3/t8-/m0/s1. The van der Waals surface area contributed by atoms with Gasteiger partial charge in [-0.2, -0.15) is 13.2 Å². The predicted molar refractivity (Wildman–Crippen MR) is 87.0 cm³/mol. The van der Waals surface area contributed by atoms with E-state index >= 15 is 0 Å². The number of fused-ring (bicyclic) bond motifs is 1. The van der Waals surface area contributed by atoms with E-state index in [9.17, 15) is 26.3 Å². The number of ether oxygens (including phenoxy) is 1. The van der Waals surface area contributed by atoms with Crippen LogP contribution >= 0.6 is 0 Å². The molecule has 6 nitrogen and oxygen atoms in total. The first kappa shape index (κ1) is 19.4. The summed E-state index contributed by atoms with van der Waals surface area (Å²) < 4.78 is 84.2. The summed E-state index contributed by atoms with van der Waals surface area (Å²) >= 11 is 0. The molecule has 0 saturated heterocycles. The van der Waals surface area contributed by atoms with Crippen molar-refractivity contribution < 1.29 is 31.1 Å². The Hall–Kier alpha value is -2.92. The number of aromatic nitrogens is 5. The van der Waals surface area contributed by atoms with Crippen LogP contribution in [0, 0.1) is 5.82 Å². The normalized spacial score (nSPS) is 17.9. The third kappa shape index (κ3) is 3.70. The molecule has 154 valence electrons. The van der Waals surface area contributed by atoms with Crippen molar-refractivity contribution in [3.8, 4) is 17.1 Å². The number of nitrogens with zero attached hydrogens (tertiary/aromatic N) is 5. The van der Waals surface area contributed by atoms with Crippen LogP contribution in [0.3, 0.4) is 0 Å². The molecule has 0 spiro atoms. The molecule has 1 fully saturated rings. The fourth-order valence-electron chi connectivity index (χ4n) is 2.98. The first-order chi connectivity index (χ1) is 13.5. The largest absolute Gasteiger partial charge is 0.463 e. The van der Waals surface area contributed by atoms with Crippen LogP contribution in [0.15, 0.2) is 24.7 Å². The number of alkyl halides is 5. The minimum atomic E-state index is -4.66. The zero-order valence-electron chi connectivity index (χ0n) is 14.8. The lowest BCUT2D eigenvalue weighted by Gasteiger charge is -2.33. The zero-order valence-corrected chi connectivity index (χ0v) is 14.8. The van der Waals surface area contributed by atoms with Gasteiger partial charge in [-0.3, -0.25) is 9.38 Å². The van der Waals surface area contributed by atoms with E-state index in [1.165, 1.54) is 16.8 Å². The summed E-state index contributed by atoms with van der Waals surface area (Å²) in [5.41, 5.74) is 0.702. The highest BCUT2D eigenvalue weighted by Gasteiger charge is 2.47. The van der Waals surface area contributed by atoms with Crippen molar-refractivity contribution >= 4 is 5.65 Å². The van der Waals surface area contributed by atoms with Crippen LogP contribution in [0.2, 0.25) is 0 Å². The molecule has 0 unspecified atom stereocenters. The molecule has 3 aromatic heterocycles. The lowest BCUT2D eigenvalue weighted by molar-refractivity contribution is -0.190. The van der Waals surface area contributed by atoms with Gasteiger partial charge in [0.05, 0.1) is 11.9 Å². The van der Waals surface area contributed by atoms with Gasteiger partial charge in [0.1, 0.15) is 5.82 Å². The molecule has 0 radical (unpaired) electrons. The molecule has 1 saturated carbocycles. The molecular formula is C17H13F6N5O. The van der Waals surface area contributed by atoms with Crippen molar-refractivity contribution in [1.82, 2.24) is 24.6 Å². The second-order valence-corrected chi connectivity index (χ2v) is 6.83. The topological polar surface area (TPSA) is 65.2 Å². The SMILES string of the molecule is C[C@H](Oc1ncc(-c2cn3c(C4CC(F)(F)C4)nnc3cn2)cc1F)C(F)(F)F. The van der Waals surface area contributed by atoms with E-state index in [-0.39, 0.29) is 24.1 Å². The van der Waals surface area contributed by atoms with E-state index in [2.05, 4.69) is 24.9 Å². The number of rotatable bonds is 4. The van der Waals surface area contributed by atoms with Gasteiger partial charge in [0.25, 0.3) is 5.88 Å². The Bertz CT molecular complexity index is 1060. The van der Waals surface area contributed by atoms with E-state index in [0.717, 1.165) is 19.2 Å². The molecule has 3 heterocycles. The molecule has 12 heteroatoms. The minimum absolute atomic E-state index is 0.162. The summed E-state index contributed by atoms with van der Waals surface area (Å²) in [7, 11) is 0. The van der Waals surface area contributed by atoms with E-state index in [0.29, 0.717) is 11.5 Å². The Morgan fingerprint density at radius 3 is 2.52 bits per heavy atom. The number of pyridine rings is 1. The van der Waals surface area contributed by atoms with E-state index in [1.807, 2.05) is 0 Å². The fourth-order valence-corrected chi connectivity index (χ4v) is 2.98. The molecular weight excluding hydrogens is 404 g/mol. The molecule has 0 bridgehead atoms. The fraction of sp³-hybridized carbons (Fsp3) is 0.412. The van der Waals surface area contributed by atoms with Gasteiger partial charge in [0.15, 0.2) is 17.6 Å². The van der Waals surface area contributed by atoms with Crippen molar-refractivity contribution in [2.45, 2.75) is 43.9 Å². The van der Waals surface area contributed by atoms with Gasteiger partial charge in [-0.1, -0.05) is 0 Å². The molecule has 3 aromatic rings. The lowest BCUT2D eigenvalue weighted by Crippen LogP contribution is -2.34. The summed E-state index contributed by atoms with van der Waals surface area (Å²) in [6.07, 6.45) is -3.70. The average molecular weight is 417 g/mol. The minimum Gasteiger partial charge on any atom is -0.463 e. The van der Waals surface area contributed by atoms with Crippen LogP contribution in [-0.4, -0.2) is 42.8 Å². The Morgan fingerprint density at radius 2 is 1.90 bits per heavy atom. The summed E-state index contributed by atoms with van der Waals surface area (Å²) in [4.78, 5) is 7.70. The van der Waals surface area contributed by atoms with Gasteiger partial charge in [-0.15, -0.1) is 10.2 Å². The lowest BCUT2D eigenvalue weighted by atomic mass is 9.81. The maximum Gasteiger partial charge on any atom is 0.425 e. The van der Waals surface area contributed by atoms with Gasteiger partial charge in [-0.05, 0) is 13.0 Å². The molecule has 0 aromatic carbocycles. The molecule has 1 atom stereocenters. The van der Waals surface area contributed by atoms with Gasteiger partial charge >= 0.3 is 6.18 Å². The highest BCUT2D eigenvalue weighted by Crippen LogP contribution is 2.47. The molecule has 0 amide bonds. The summed E-state index contributed by atoms with van der Waals surface area (Å²) in [5, 5.41) is 7.81. The molecule has 1 aliphatic rings. The van der Waals surface area contributed by atoms with Crippen molar-refractivity contribution in [2.24, 2.45) is 0 Å². The first-order valence-electron chi connectivity index (χ1n) is 8.51. The Labute approximate surface area is 159 Å². The zero-order chi connectivity index (χ0) is 21.0. The smallest absolute Gasteiger partial charge is 0.425 e. The number of hydrogen-bond acceptors (Lipinski definition) is 5. The Kier molecular flexibility index (Phi) is 4.39. The Balaban J connectivity index is 1.62. The van der Waals surface area contributed by atoms with Crippen molar-refractivity contribution in [1.29, 1.82) is 0 Å². The van der Waals surface area contributed by atoms with E-state index in [1.54, 1.807) is 0 Å². The van der Waals surface area contributed by atoms with E-state index < -0.39 is 35.8 Å². The molecule has 1 aliphatic carbocycles. The highest BCUT2D eigenvalue weighted by atomic mass is 19.4. The van der Waals surface area contributed by atoms with Crippen molar-refractivity contribution in [2.75, 3.05) is 0 Å². The van der Waals surface area contributed by atoms with Crippen molar-refractivity contribution in [3.05, 3.63) is 36.3 Å². The van der Waals surface area contributed by atoms with Crippen LogP contribution < -0.4 is 4.74 Å². The number of halogens is 6. The third-order valence-electron chi connectivity index (χ3n) is 4.63. The first-order valence-corrected chi connectivity index (χ1v) is 8.51. The van der Waals surface area contributed by atoms with Gasteiger partial charge in [-0.25, -0.2) is 18.2 Å². The Morgan fingerprint density at radius 1 is 1.17 bits per heavy atom. The van der Waals surface area contributed by atoms with Crippen LogP contribution in [0.5, 0.6) is 5.88 Å². The van der Waals surface area contributed by atoms with Crippen LogP contribution in [0.25, 0.3) is 16.9 Å². The van der Waals surface area contributed by atoms with Crippen LogP contribution in [0.1, 0.15) is 31.5 Å². The van der Waals surface area contributed by atoms with Crippen LogP contribution in [-0.2, 0) is 0 Å². The second kappa shape index (κ2) is 6.56. The quantitative estimate of drug-likeness (QED) is 0.597. The number of hydrogen-bond donors (Lipinski definition) is 0. The predicted octanol–water partition coefficient (Wildman–Crippen LogP) is 4.17. The van der Waals surface area contributed by atoms with Crippen molar-refractivity contribution in [3.63, 3.8) is 0 Å². The monoisotopic (exact) mass is 417 g/mol. The summed E-state index contributed by atoms with van der Waals surface area (Å²) in [6.45, 7) is 0.738. The maximum atomic E-state index is 14.2. The van der Waals surface area contributed by atoms with Gasteiger partial charge < -0.3 is 4.74 Å². The van der Waals surface area contributed by atoms with Gasteiger partial charge in [0.2, 0.25) is 5.92 Å². The van der Waals surface area contributed by atoms with E-state index in [4.69, 9.17) is 0 Å². The van der Waals surface area contributed by atoms with Crippen LogP contribution in [0.4, 0.5) is 26.3 Å². The third-order valence-corrected chi connectivity index (χ3v) is 4.63. The van der Waals surface area contributed by atoms with Gasteiger partial charge in [0, 0.05) is 36.7 Å². The maximum absolute atomic E-state index is 14.2. The average Bonchev–Trinajstić information content (AvgIpc) is 3.03. The highest BCUT2D eigenvalue weighted by molar-refractivity contribution is 5.59. The molecule has 0 aliphatic heterocycles. The second-order valence-electron chi connectivity index (χ2n) is 6.83. The summed E-state index contributed by atoms with van der Waals surface area (Å²) in [6, 6.07) is 0.932. The molecule has 4 rings (SSSR count).